The highest BCUT2D eigenvalue weighted by atomic mass is 79.9. The summed E-state index contributed by atoms with van der Waals surface area (Å²) >= 11 is 9.01. The van der Waals surface area contributed by atoms with E-state index in [1.54, 1.807) is 57.2 Å². The summed E-state index contributed by atoms with van der Waals surface area (Å²) < 4.78 is 44.8. The predicted octanol–water partition coefficient (Wildman–Crippen LogP) is 15.0. The number of benzene rings is 5. The van der Waals surface area contributed by atoms with Crippen LogP contribution < -0.4 is 18.9 Å². The minimum atomic E-state index is -0.547. The van der Waals surface area contributed by atoms with Gasteiger partial charge in [-0.25, -0.2) is 4.39 Å². The number of halogens is 3. The molecule has 1 aliphatic heterocycles. The van der Waals surface area contributed by atoms with Gasteiger partial charge in [-0.05, 0) is 188 Å². The third-order valence-corrected chi connectivity index (χ3v) is 10.3. The van der Waals surface area contributed by atoms with Gasteiger partial charge in [-0.1, -0.05) is 63.9 Å². The van der Waals surface area contributed by atoms with E-state index in [2.05, 4.69) is 15.9 Å². The van der Waals surface area contributed by atoms with Crippen molar-refractivity contribution in [3.63, 3.8) is 0 Å². The molecule has 0 saturated carbocycles. The summed E-state index contributed by atoms with van der Waals surface area (Å²) in [5.41, 5.74) is -2.38. The number of carbonyl (C=O) groups excluding carboxylic acids is 5. The van der Waals surface area contributed by atoms with Crippen LogP contribution in [0, 0.1) is 32.9 Å². The van der Waals surface area contributed by atoms with E-state index in [0.717, 1.165) is 28.1 Å². The molecule has 14 heteroatoms. The zero-order valence-corrected chi connectivity index (χ0v) is 46.8. The Hall–Kier alpha value is -5.63. The smallest absolute Gasteiger partial charge is 0.316 e. The van der Waals surface area contributed by atoms with Crippen molar-refractivity contribution in [1.82, 2.24) is 0 Å². The van der Waals surface area contributed by atoms with E-state index in [-0.39, 0.29) is 41.8 Å². The van der Waals surface area contributed by atoms with E-state index in [1.165, 1.54) is 24.3 Å². The lowest BCUT2D eigenvalue weighted by Gasteiger charge is -2.26. The number of esters is 5. The Morgan fingerprint density at radius 3 is 1.26 bits per heavy atom. The molecule has 72 heavy (non-hydrogen) atoms. The van der Waals surface area contributed by atoms with E-state index in [1.807, 2.05) is 138 Å². The van der Waals surface area contributed by atoms with Crippen molar-refractivity contribution in [3.8, 4) is 23.0 Å². The van der Waals surface area contributed by atoms with Crippen LogP contribution in [-0.2, 0) is 33.4 Å². The van der Waals surface area contributed by atoms with Gasteiger partial charge in [0.15, 0.2) is 0 Å². The van der Waals surface area contributed by atoms with Gasteiger partial charge in [-0.2, -0.15) is 0 Å². The second kappa shape index (κ2) is 28.0. The van der Waals surface area contributed by atoms with Crippen LogP contribution in [0.25, 0.3) is 10.8 Å². The Morgan fingerprint density at radius 1 is 0.486 bits per heavy atom. The Bertz CT molecular complexity index is 2330. The topological polar surface area (TPSA) is 141 Å². The van der Waals surface area contributed by atoms with E-state index < -0.39 is 27.1 Å². The van der Waals surface area contributed by atoms with Gasteiger partial charge in [-0.3, -0.25) is 24.0 Å². The Labute approximate surface area is 439 Å². The minimum Gasteiger partial charge on any atom is -0.462 e. The summed E-state index contributed by atoms with van der Waals surface area (Å²) in [4.78, 5) is 57.7. The van der Waals surface area contributed by atoms with E-state index in [4.69, 9.17) is 40.0 Å². The summed E-state index contributed by atoms with van der Waals surface area (Å²) in [6, 6.07) is 32.9. The van der Waals surface area contributed by atoms with Gasteiger partial charge in [-0.15, -0.1) is 0 Å². The molecule has 0 radical (unpaired) electrons. The van der Waals surface area contributed by atoms with Crippen molar-refractivity contribution in [2.75, 3.05) is 13.2 Å². The van der Waals surface area contributed by atoms with Crippen LogP contribution in [0.4, 0.5) is 4.39 Å². The van der Waals surface area contributed by atoms with Crippen molar-refractivity contribution < 1.29 is 56.8 Å². The second-order valence-electron chi connectivity index (χ2n) is 21.9. The first-order chi connectivity index (χ1) is 33.2. The molecule has 0 aliphatic carbocycles. The van der Waals surface area contributed by atoms with Crippen LogP contribution in [0.5, 0.6) is 23.0 Å². The molecule has 1 aliphatic rings. The fraction of sp³-hybridized carbons (Fsp3) is 0.431. The quantitative estimate of drug-likeness (QED) is 0.123. The van der Waals surface area contributed by atoms with E-state index in [9.17, 15) is 28.4 Å². The lowest BCUT2D eigenvalue weighted by Crippen LogP contribution is -2.31. The van der Waals surface area contributed by atoms with Crippen LogP contribution >= 0.6 is 27.5 Å². The molecule has 5 aromatic carbocycles. The second-order valence-corrected chi connectivity index (χ2v) is 23.2. The normalized spacial score (nSPS) is 12.8. The largest absolute Gasteiger partial charge is 0.462 e. The molecular formula is C58H73BrClFO11. The number of hydrogen-bond acceptors (Lipinski definition) is 11. The SMILES string of the molecule is CC(C)(C)C(=O)OC1CCOCC1.CC(C)(C)C(=O)Oc1ccc(Br)cc1.CC(C)(C)C(=O)Oc1ccc(Cl)cc1.CC(C)(C)C(=O)Oc1ccc(F)cc1.CC(C)(C)C(=O)Oc1cccc2ccccc12. The van der Waals surface area contributed by atoms with Gasteiger partial charge < -0.3 is 28.4 Å². The molecule has 392 valence electrons. The molecule has 5 aromatic rings. The summed E-state index contributed by atoms with van der Waals surface area (Å²) in [6.07, 6.45) is 1.74. The standard InChI is InChI=1S/C15H16O2.C11H13BrO2.C11H13ClO2.C11H13FO2.C10H18O3/c1-15(2,3)14(16)17-13-10-6-8-11-7-4-5-9-12(11)13;3*1-11(2,3)10(13)14-9-6-4-8(12)5-7-9;1-10(2,3)9(11)13-8-4-6-12-7-5-8/h4-10H,1-3H3;3*4-7H,1-3H3;8H,4-7H2,1-3H3. The van der Waals surface area contributed by atoms with E-state index >= 15 is 0 Å². The summed E-state index contributed by atoms with van der Waals surface area (Å²) in [5.74, 6) is 0.620. The molecule has 0 bridgehead atoms. The molecule has 0 N–H and O–H groups in total. The first kappa shape index (κ1) is 62.5. The fourth-order valence-electron chi connectivity index (χ4n) is 4.95. The minimum absolute atomic E-state index is 0.0699. The first-order valence-corrected chi connectivity index (χ1v) is 24.8. The lowest BCUT2D eigenvalue weighted by atomic mass is 9.97. The Morgan fingerprint density at radius 2 is 0.847 bits per heavy atom. The van der Waals surface area contributed by atoms with Crippen LogP contribution in [0.15, 0.2) is 120 Å². The molecule has 0 atom stereocenters. The van der Waals surface area contributed by atoms with Crippen LogP contribution in [0.2, 0.25) is 5.02 Å². The molecule has 0 unspecified atom stereocenters. The fourth-order valence-corrected chi connectivity index (χ4v) is 5.34. The van der Waals surface area contributed by atoms with Gasteiger partial charge in [0, 0.05) is 27.7 Å². The molecular weight excluding hydrogens is 1010 g/mol. The molecule has 1 heterocycles. The third kappa shape index (κ3) is 24.2. The number of carbonyl (C=O) groups is 5. The van der Waals surface area contributed by atoms with Crippen molar-refractivity contribution in [3.05, 3.63) is 131 Å². The monoisotopic (exact) mass is 1080 g/mol. The number of hydrogen-bond donors (Lipinski definition) is 0. The molecule has 0 spiro atoms. The predicted molar refractivity (Wildman–Crippen MR) is 286 cm³/mol. The number of ether oxygens (including phenoxy) is 6. The third-order valence-electron chi connectivity index (χ3n) is 9.53. The number of fused-ring (bicyclic) bond motifs is 1. The Balaban J connectivity index is 0.000000309. The van der Waals surface area contributed by atoms with Crippen LogP contribution in [0.3, 0.4) is 0 Å². The van der Waals surface area contributed by atoms with Crippen molar-refractivity contribution in [2.24, 2.45) is 27.1 Å². The van der Waals surface area contributed by atoms with Gasteiger partial charge >= 0.3 is 29.8 Å². The van der Waals surface area contributed by atoms with Crippen molar-refractivity contribution in [2.45, 2.75) is 123 Å². The molecule has 11 nitrogen and oxygen atoms in total. The molecule has 6 rings (SSSR count). The maximum Gasteiger partial charge on any atom is 0.316 e. The highest BCUT2D eigenvalue weighted by molar-refractivity contribution is 9.10. The average Bonchev–Trinajstić information content (AvgIpc) is 3.28. The molecule has 1 saturated heterocycles. The van der Waals surface area contributed by atoms with Crippen LogP contribution in [-0.4, -0.2) is 49.2 Å². The molecule has 0 aromatic heterocycles. The van der Waals surface area contributed by atoms with E-state index in [0.29, 0.717) is 41.2 Å². The Kier molecular flexibility index (Phi) is 24.3. The van der Waals surface area contributed by atoms with Gasteiger partial charge in [0.1, 0.15) is 34.9 Å². The lowest BCUT2D eigenvalue weighted by molar-refractivity contribution is -0.162. The summed E-state index contributed by atoms with van der Waals surface area (Å²) in [5, 5.41) is 2.67. The highest BCUT2D eigenvalue weighted by Gasteiger charge is 2.28. The molecule has 1 fully saturated rings. The van der Waals surface area contributed by atoms with Gasteiger partial charge in [0.05, 0.1) is 40.3 Å². The maximum atomic E-state index is 12.5. The summed E-state index contributed by atoms with van der Waals surface area (Å²) in [6.45, 7) is 28.8. The van der Waals surface area contributed by atoms with Crippen LogP contribution in [0.1, 0.15) is 117 Å². The maximum absolute atomic E-state index is 12.5. The van der Waals surface area contributed by atoms with Crippen molar-refractivity contribution >= 4 is 68.1 Å². The van der Waals surface area contributed by atoms with Gasteiger partial charge in [0.2, 0.25) is 0 Å². The summed E-state index contributed by atoms with van der Waals surface area (Å²) in [7, 11) is 0. The average molecular weight is 1080 g/mol. The highest BCUT2D eigenvalue weighted by Crippen LogP contribution is 2.28. The zero-order valence-electron chi connectivity index (χ0n) is 44.5. The molecule has 0 amide bonds. The zero-order chi connectivity index (χ0) is 54.7. The van der Waals surface area contributed by atoms with Crippen molar-refractivity contribution in [1.29, 1.82) is 0 Å². The first-order valence-electron chi connectivity index (χ1n) is 23.6. The van der Waals surface area contributed by atoms with Gasteiger partial charge in [0.25, 0.3) is 0 Å². The number of rotatable bonds is 5.